The molecule has 0 saturated carbocycles. The number of ether oxygens (including phenoxy) is 3. The first-order valence-electron chi connectivity index (χ1n) is 5.39. The minimum absolute atomic E-state index is 0.0350. The van der Waals surface area contributed by atoms with E-state index in [0.717, 1.165) is 5.76 Å². The van der Waals surface area contributed by atoms with Crippen molar-refractivity contribution < 1.29 is 18.6 Å². The summed E-state index contributed by atoms with van der Waals surface area (Å²) in [7, 11) is 1.67. The lowest BCUT2D eigenvalue weighted by Gasteiger charge is -2.17. The topological polar surface area (TPSA) is 52.9 Å². The second-order valence-electron chi connectivity index (χ2n) is 3.60. The predicted molar refractivity (Wildman–Crippen MR) is 57.0 cm³/mol. The van der Waals surface area contributed by atoms with Gasteiger partial charge in [-0.3, -0.25) is 0 Å². The lowest BCUT2D eigenvalue weighted by atomic mass is 10.2. The Morgan fingerprint density at radius 1 is 1.50 bits per heavy atom. The van der Waals surface area contributed by atoms with Crippen LogP contribution < -0.4 is 5.32 Å². The zero-order valence-corrected chi connectivity index (χ0v) is 9.35. The maximum atomic E-state index is 5.34. The van der Waals surface area contributed by atoms with Gasteiger partial charge in [0.15, 0.2) is 6.29 Å². The van der Waals surface area contributed by atoms with Gasteiger partial charge in [-0.1, -0.05) is 0 Å². The Morgan fingerprint density at radius 2 is 2.31 bits per heavy atom. The molecule has 1 aromatic rings. The molecule has 1 aromatic heterocycles. The molecule has 5 nitrogen and oxygen atoms in total. The molecular formula is C11H17NO4. The summed E-state index contributed by atoms with van der Waals surface area (Å²) in [5.41, 5.74) is 0. The molecule has 2 heterocycles. The molecule has 2 rings (SSSR count). The summed E-state index contributed by atoms with van der Waals surface area (Å²) in [6.45, 7) is 2.53. The lowest BCUT2D eigenvalue weighted by Crippen LogP contribution is -2.32. The Morgan fingerprint density at radius 3 is 2.94 bits per heavy atom. The summed E-state index contributed by atoms with van der Waals surface area (Å²) in [5, 5.41) is 3.30. The molecule has 0 aromatic carbocycles. The van der Waals surface area contributed by atoms with Crippen molar-refractivity contribution in [2.75, 3.05) is 33.5 Å². The average Bonchev–Trinajstić information content (AvgIpc) is 2.96. The van der Waals surface area contributed by atoms with Crippen LogP contribution in [0.25, 0.3) is 0 Å². The van der Waals surface area contributed by atoms with Gasteiger partial charge < -0.3 is 23.9 Å². The van der Waals surface area contributed by atoms with E-state index in [0.29, 0.717) is 26.4 Å². The third kappa shape index (κ3) is 3.05. The Kier molecular flexibility index (Phi) is 4.35. The van der Waals surface area contributed by atoms with Gasteiger partial charge in [-0.2, -0.15) is 0 Å². The lowest BCUT2D eigenvalue weighted by molar-refractivity contribution is -0.0424. The van der Waals surface area contributed by atoms with Crippen LogP contribution in [0.15, 0.2) is 22.8 Å². The fourth-order valence-electron chi connectivity index (χ4n) is 1.66. The van der Waals surface area contributed by atoms with Crippen molar-refractivity contribution in [3.63, 3.8) is 0 Å². The molecule has 1 atom stereocenters. The summed E-state index contributed by atoms with van der Waals surface area (Å²) in [6.07, 6.45) is 1.50. The first-order chi connectivity index (χ1) is 7.90. The quantitative estimate of drug-likeness (QED) is 0.783. The maximum absolute atomic E-state index is 5.34. The Bertz CT molecular complexity index is 282. The largest absolute Gasteiger partial charge is 0.468 e. The number of nitrogens with one attached hydrogen (secondary N) is 1. The second kappa shape index (κ2) is 6.00. The van der Waals surface area contributed by atoms with Gasteiger partial charge >= 0.3 is 0 Å². The van der Waals surface area contributed by atoms with Crippen LogP contribution in [0.3, 0.4) is 0 Å². The average molecular weight is 227 g/mol. The molecule has 0 bridgehead atoms. The van der Waals surface area contributed by atoms with Gasteiger partial charge in [-0.25, -0.2) is 0 Å². The normalized spacial score (nSPS) is 19.1. The number of methoxy groups -OCH3 is 1. The van der Waals surface area contributed by atoms with Crippen LogP contribution >= 0.6 is 0 Å². The highest BCUT2D eigenvalue weighted by Crippen LogP contribution is 2.14. The van der Waals surface area contributed by atoms with Gasteiger partial charge in [0.2, 0.25) is 0 Å². The fourth-order valence-corrected chi connectivity index (χ4v) is 1.66. The molecule has 1 saturated heterocycles. The van der Waals surface area contributed by atoms with Crippen LogP contribution in [-0.2, 0) is 14.2 Å². The maximum Gasteiger partial charge on any atom is 0.170 e. The number of hydrogen-bond acceptors (Lipinski definition) is 5. The molecule has 16 heavy (non-hydrogen) atoms. The summed E-state index contributed by atoms with van der Waals surface area (Å²) in [4.78, 5) is 0. The molecule has 0 radical (unpaired) electrons. The summed E-state index contributed by atoms with van der Waals surface area (Å²) >= 11 is 0. The van der Waals surface area contributed by atoms with Crippen LogP contribution in [0, 0.1) is 0 Å². The van der Waals surface area contributed by atoms with Crippen LogP contribution in [-0.4, -0.2) is 39.8 Å². The van der Waals surface area contributed by atoms with E-state index in [1.807, 2.05) is 12.1 Å². The zero-order chi connectivity index (χ0) is 11.2. The van der Waals surface area contributed by atoms with Crippen molar-refractivity contribution in [2.45, 2.75) is 12.3 Å². The SMILES string of the molecule is COC[C@@H](NCC1OCCO1)c1ccco1. The van der Waals surface area contributed by atoms with Crippen molar-refractivity contribution in [3.05, 3.63) is 24.2 Å². The van der Waals surface area contributed by atoms with E-state index in [9.17, 15) is 0 Å². The molecule has 1 aliphatic rings. The standard InChI is InChI=1S/C11H17NO4/c1-13-8-9(10-3-2-4-14-10)12-7-11-15-5-6-16-11/h2-4,9,11-12H,5-8H2,1H3/t9-/m1/s1. The summed E-state index contributed by atoms with van der Waals surface area (Å²) in [6, 6.07) is 3.82. The van der Waals surface area contributed by atoms with Crippen molar-refractivity contribution in [3.8, 4) is 0 Å². The van der Waals surface area contributed by atoms with Crippen molar-refractivity contribution in [1.82, 2.24) is 5.32 Å². The van der Waals surface area contributed by atoms with E-state index < -0.39 is 0 Å². The van der Waals surface area contributed by atoms with Gasteiger partial charge in [-0.15, -0.1) is 0 Å². The molecule has 90 valence electrons. The molecule has 1 aliphatic heterocycles. The highest BCUT2D eigenvalue weighted by Gasteiger charge is 2.19. The van der Waals surface area contributed by atoms with E-state index in [4.69, 9.17) is 18.6 Å². The van der Waals surface area contributed by atoms with Gasteiger partial charge in [0.25, 0.3) is 0 Å². The van der Waals surface area contributed by atoms with Gasteiger partial charge in [0.05, 0.1) is 32.1 Å². The minimum atomic E-state index is -0.158. The molecule has 0 unspecified atom stereocenters. The number of furan rings is 1. The molecule has 0 aliphatic carbocycles. The van der Waals surface area contributed by atoms with Crippen molar-refractivity contribution in [1.29, 1.82) is 0 Å². The predicted octanol–water partition coefficient (Wildman–Crippen LogP) is 0.930. The zero-order valence-electron chi connectivity index (χ0n) is 9.35. The highest BCUT2D eigenvalue weighted by molar-refractivity contribution is 5.04. The van der Waals surface area contributed by atoms with E-state index >= 15 is 0 Å². The van der Waals surface area contributed by atoms with Gasteiger partial charge in [-0.05, 0) is 12.1 Å². The van der Waals surface area contributed by atoms with Crippen LogP contribution in [0.2, 0.25) is 0 Å². The van der Waals surface area contributed by atoms with E-state index in [1.54, 1.807) is 13.4 Å². The van der Waals surface area contributed by atoms with E-state index in [2.05, 4.69) is 5.32 Å². The first kappa shape index (κ1) is 11.6. The Hall–Kier alpha value is -0.880. The van der Waals surface area contributed by atoms with E-state index in [-0.39, 0.29) is 12.3 Å². The second-order valence-corrected chi connectivity index (χ2v) is 3.60. The Labute approximate surface area is 94.7 Å². The van der Waals surface area contributed by atoms with Gasteiger partial charge in [0, 0.05) is 13.7 Å². The minimum Gasteiger partial charge on any atom is -0.468 e. The number of rotatable bonds is 6. The third-order valence-electron chi connectivity index (χ3n) is 2.44. The van der Waals surface area contributed by atoms with E-state index in [1.165, 1.54) is 0 Å². The first-order valence-corrected chi connectivity index (χ1v) is 5.39. The third-order valence-corrected chi connectivity index (χ3v) is 2.44. The molecule has 5 heteroatoms. The molecule has 1 fully saturated rings. The fraction of sp³-hybridized carbons (Fsp3) is 0.636. The van der Waals surface area contributed by atoms with Crippen LogP contribution in [0.5, 0.6) is 0 Å². The number of hydrogen-bond donors (Lipinski definition) is 1. The highest BCUT2D eigenvalue weighted by atomic mass is 16.7. The monoisotopic (exact) mass is 227 g/mol. The molecular weight excluding hydrogens is 210 g/mol. The van der Waals surface area contributed by atoms with Gasteiger partial charge in [0.1, 0.15) is 5.76 Å². The van der Waals surface area contributed by atoms with Crippen molar-refractivity contribution in [2.24, 2.45) is 0 Å². The Balaban J connectivity index is 1.82. The summed E-state index contributed by atoms with van der Waals surface area (Å²) < 4.78 is 21.2. The summed E-state index contributed by atoms with van der Waals surface area (Å²) in [5.74, 6) is 0.861. The molecule has 0 amide bonds. The van der Waals surface area contributed by atoms with Crippen LogP contribution in [0.1, 0.15) is 11.8 Å². The smallest absolute Gasteiger partial charge is 0.170 e. The van der Waals surface area contributed by atoms with Crippen LogP contribution in [0.4, 0.5) is 0 Å². The van der Waals surface area contributed by atoms with Crippen molar-refractivity contribution >= 4 is 0 Å². The molecule has 1 N–H and O–H groups in total. The molecule has 0 spiro atoms.